The van der Waals surface area contributed by atoms with Gasteiger partial charge in [0, 0.05) is 43.5 Å². The summed E-state index contributed by atoms with van der Waals surface area (Å²) in [5.41, 5.74) is -0.153. The van der Waals surface area contributed by atoms with E-state index in [0.29, 0.717) is 23.4 Å². The lowest BCUT2D eigenvalue weighted by molar-refractivity contribution is 0.0405. The molecule has 0 spiro atoms. The quantitative estimate of drug-likeness (QED) is 0.590. The fourth-order valence-corrected chi connectivity index (χ4v) is 5.34. The van der Waals surface area contributed by atoms with E-state index in [1.54, 1.807) is 24.1 Å². The summed E-state index contributed by atoms with van der Waals surface area (Å²) in [6.45, 7) is 1.95. The van der Waals surface area contributed by atoms with Crippen LogP contribution in [0.25, 0.3) is 22.5 Å². The van der Waals surface area contributed by atoms with Crippen LogP contribution < -0.4 is 15.8 Å². The number of pyridine rings is 1. The standard InChI is InChI=1S/C25H28F2N6O2/c1-25-8-4-5-15(29-25)10-19(23(25)27)33(3)21-12-28-24(31-30-21)16-7-6-14(9-20(16)34)17-11-22(35)32(2)13-18(17)26/h6-7,9,11-13,15,19,23,29,34H,4-5,8,10H2,1-3H3/t15-,19+,23+,25-/m0/s1. The molecule has 5 rings (SSSR count). The summed E-state index contributed by atoms with van der Waals surface area (Å²) in [5.74, 6) is -0.120. The third-order valence-corrected chi connectivity index (χ3v) is 7.39. The van der Waals surface area contributed by atoms with Crippen molar-refractivity contribution in [2.45, 2.75) is 56.4 Å². The molecule has 0 amide bonds. The van der Waals surface area contributed by atoms with Crippen molar-refractivity contribution in [2.24, 2.45) is 7.05 Å². The number of anilines is 1. The van der Waals surface area contributed by atoms with Crippen molar-refractivity contribution in [1.82, 2.24) is 25.1 Å². The number of nitrogens with zero attached hydrogens (tertiary/aromatic N) is 5. The molecule has 0 unspecified atom stereocenters. The first-order valence-electron chi connectivity index (χ1n) is 11.7. The second-order valence-electron chi connectivity index (χ2n) is 9.82. The number of aryl methyl sites for hydroxylation is 1. The number of piperidine rings is 2. The monoisotopic (exact) mass is 482 g/mol. The summed E-state index contributed by atoms with van der Waals surface area (Å²) in [6, 6.07) is 5.61. The summed E-state index contributed by atoms with van der Waals surface area (Å²) >= 11 is 0. The highest BCUT2D eigenvalue weighted by atomic mass is 19.1. The van der Waals surface area contributed by atoms with Crippen LogP contribution in [0.5, 0.6) is 5.75 Å². The molecule has 2 bridgehead atoms. The van der Waals surface area contributed by atoms with E-state index in [2.05, 4.69) is 20.5 Å². The van der Waals surface area contributed by atoms with Gasteiger partial charge in [-0.2, -0.15) is 0 Å². The molecule has 2 N–H and O–H groups in total. The number of halogens is 2. The molecule has 1 aromatic carbocycles. The average molecular weight is 483 g/mol. The molecule has 0 radical (unpaired) electrons. The van der Waals surface area contributed by atoms with Gasteiger partial charge in [0.1, 0.15) is 17.7 Å². The normalized spacial score (nSPS) is 25.9. The Kier molecular flexibility index (Phi) is 5.79. The van der Waals surface area contributed by atoms with Gasteiger partial charge in [-0.3, -0.25) is 4.79 Å². The van der Waals surface area contributed by atoms with Crippen LogP contribution in [0.1, 0.15) is 32.6 Å². The van der Waals surface area contributed by atoms with Crippen molar-refractivity contribution in [1.29, 1.82) is 0 Å². The number of hydrogen-bond donors (Lipinski definition) is 2. The van der Waals surface area contributed by atoms with E-state index >= 15 is 4.39 Å². The maximum Gasteiger partial charge on any atom is 0.251 e. The molecule has 8 nitrogen and oxygen atoms in total. The van der Waals surface area contributed by atoms with E-state index in [1.165, 1.54) is 25.4 Å². The van der Waals surface area contributed by atoms with E-state index < -0.39 is 17.5 Å². The van der Waals surface area contributed by atoms with Gasteiger partial charge in [-0.25, -0.2) is 13.8 Å². The van der Waals surface area contributed by atoms with Crippen LogP contribution in [-0.4, -0.2) is 55.7 Å². The lowest BCUT2D eigenvalue weighted by Gasteiger charge is -2.52. The first kappa shape index (κ1) is 23.3. The van der Waals surface area contributed by atoms with Crippen molar-refractivity contribution in [3.05, 3.63) is 52.8 Å². The van der Waals surface area contributed by atoms with Crippen LogP contribution in [0.3, 0.4) is 0 Å². The van der Waals surface area contributed by atoms with Gasteiger partial charge < -0.3 is 19.9 Å². The van der Waals surface area contributed by atoms with Gasteiger partial charge in [0.15, 0.2) is 11.6 Å². The van der Waals surface area contributed by atoms with Crippen molar-refractivity contribution < 1.29 is 13.9 Å². The van der Waals surface area contributed by atoms with Gasteiger partial charge in [-0.15, -0.1) is 10.2 Å². The highest BCUT2D eigenvalue weighted by Crippen LogP contribution is 2.38. The number of phenols is 1. The van der Waals surface area contributed by atoms with E-state index in [9.17, 15) is 14.3 Å². The second kappa shape index (κ2) is 8.67. The van der Waals surface area contributed by atoms with Gasteiger partial charge in [0.2, 0.25) is 0 Å². The molecule has 184 valence electrons. The summed E-state index contributed by atoms with van der Waals surface area (Å²) in [5, 5.41) is 22.4. The van der Waals surface area contributed by atoms with Crippen LogP contribution in [-0.2, 0) is 7.05 Å². The number of fused-ring (bicyclic) bond motifs is 2. The first-order valence-corrected chi connectivity index (χ1v) is 11.7. The number of benzene rings is 1. The Morgan fingerprint density at radius 3 is 2.77 bits per heavy atom. The maximum absolute atomic E-state index is 15.4. The molecule has 2 aromatic heterocycles. The lowest BCUT2D eigenvalue weighted by Crippen LogP contribution is -2.68. The minimum absolute atomic E-state index is 0.0900. The summed E-state index contributed by atoms with van der Waals surface area (Å²) in [7, 11) is 3.27. The minimum atomic E-state index is -1.06. The molecule has 4 heterocycles. The topological polar surface area (TPSA) is 96.2 Å². The Morgan fingerprint density at radius 1 is 1.26 bits per heavy atom. The number of nitrogens with one attached hydrogen (secondary N) is 1. The number of alkyl halides is 1. The van der Waals surface area contributed by atoms with Gasteiger partial charge in [0.05, 0.1) is 17.8 Å². The SMILES string of the molecule is CN(c1cnc(-c2ccc(-c3cc(=O)n(C)cc3F)cc2O)nn1)[C@@H]1C[C@@H]2CCC[C@](C)(N2)[C@@H]1F. The zero-order valence-electron chi connectivity index (χ0n) is 19.9. The Labute approximate surface area is 201 Å². The largest absolute Gasteiger partial charge is 0.507 e. The summed E-state index contributed by atoms with van der Waals surface area (Å²) in [4.78, 5) is 18.1. The Morgan fingerprint density at radius 2 is 2.06 bits per heavy atom. The summed E-state index contributed by atoms with van der Waals surface area (Å²) in [6.07, 6.45) is 5.10. The number of rotatable bonds is 4. The van der Waals surface area contributed by atoms with E-state index in [-0.39, 0.29) is 34.8 Å². The third-order valence-electron chi connectivity index (χ3n) is 7.39. The highest BCUT2D eigenvalue weighted by Gasteiger charge is 2.49. The molecule has 4 atom stereocenters. The van der Waals surface area contributed by atoms with Crippen LogP contribution in [0.2, 0.25) is 0 Å². The molecule has 10 heteroatoms. The molecule has 2 saturated heterocycles. The van der Waals surface area contributed by atoms with Crippen molar-refractivity contribution in [3.63, 3.8) is 0 Å². The number of hydrogen-bond acceptors (Lipinski definition) is 7. The van der Waals surface area contributed by atoms with Gasteiger partial charge in [-0.05, 0) is 50.3 Å². The Balaban J connectivity index is 1.38. The molecule has 3 aromatic rings. The predicted octanol–water partition coefficient (Wildman–Crippen LogP) is 3.20. The fraction of sp³-hybridized carbons (Fsp3) is 0.440. The van der Waals surface area contributed by atoms with Crippen molar-refractivity contribution >= 4 is 5.82 Å². The van der Waals surface area contributed by atoms with Crippen LogP contribution in [0.15, 0.2) is 41.5 Å². The molecular weight excluding hydrogens is 454 g/mol. The predicted molar refractivity (Wildman–Crippen MR) is 128 cm³/mol. The molecule has 0 saturated carbocycles. The smallest absolute Gasteiger partial charge is 0.251 e. The minimum Gasteiger partial charge on any atom is -0.507 e. The third kappa shape index (κ3) is 4.16. The molecule has 35 heavy (non-hydrogen) atoms. The number of phenolic OH excluding ortho intramolecular Hbond substituents is 1. The van der Waals surface area contributed by atoms with Crippen LogP contribution in [0, 0.1) is 5.82 Å². The zero-order chi connectivity index (χ0) is 24.9. The molecule has 2 fully saturated rings. The van der Waals surface area contributed by atoms with Gasteiger partial charge in [-0.1, -0.05) is 6.07 Å². The van der Waals surface area contributed by atoms with Crippen molar-refractivity contribution in [2.75, 3.05) is 11.9 Å². The maximum atomic E-state index is 15.4. The Hall–Kier alpha value is -3.40. The molecule has 2 aliphatic heterocycles. The zero-order valence-corrected chi connectivity index (χ0v) is 19.9. The molecule has 0 aliphatic carbocycles. The Bertz CT molecular complexity index is 1310. The first-order chi connectivity index (χ1) is 16.7. The van der Waals surface area contributed by atoms with E-state index in [4.69, 9.17) is 0 Å². The fourth-order valence-electron chi connectivity index (χ4n) is 5.34. The molecule has 2 aliphatic rings. The van der Waals surface area contributed by atoms with Crippen LogP contribution >= 0.6 is 0 Å². The summed E-state index contributed by atoms with van der Waals surface area (Å²) < 4.78 is 30.9. The lowest BCUT2D eigenvalue weighted by atomic mass is 9.73. The number of aromatic nitrogens is 4. The van der Waals surface area contributed by atoms with Gasteiger partial charge >= 0.3 is 0 Å². The highest BCUT2D eigenvalue weighted by molar-refractivity contribution is 5.73. The van der Waals surface area contributed by atoms with Crippen LogP contribution in [0.4, 0.5) is 14.6 Å². The number of aromatic hydroxyl groups is 1. The molecular formula is C25H28F2N6O2. The van der Waals surface area contributed by atoms with Gasteiger partial charge in [0.25, 0.3) is 5.56 Å². The van der Waals surface area contributed by atoms with E-state index in [0.717, 1.165) is 30.0 Å². The average Bonchev–Trinajstić information content (AvgIpc) is 2.83. The second-order valence-corrected chi connectivity index (χ2v) is 9.82. The van der Waals surface area contributed by atoms with E-state index in [1.807, 2.05) is 6.92 Å². The van der Waals surface area contributed by atoms with Crippen molar-refractivity contribution in [3.8, 4) is 28.3 Å².